The fourth-order valence-electron chi connectivity index (χ4n) is 2.35. The number of aromatic nitrogens is 1. The number of nitrogens with one attached hydrogen (secondary N) is 1. The van der Waals surface area contributed by atoms with Crippen LogP contribution in [0.4, 0.5) is 26.3 Å². The minimum atomic E-state index is -4.83. The lowest BCUT2D eigenvalue weighted by Crippen LogP contribution is -2.19. The zero-order valence-corrected chi connectivity index (χ0v) is 10.5. The van der Waals surface area contributed by atoms with Crippen LogP contribution < -0.4 is 0 Å². The Hall–Kier alpha value is -1.70. The van der Waals surface area contributed by atoms with Gasteiger partial charge in [-0.3, -0.25) is 0 Å². The molecule has 1 atom stereocenters. The molecule has 0 bridgehead atoms. The predicted octanol–water partition coefficient (Wildman–Crippen LogP) is 4.22. The first-order valence-corrected chi connectivity index (χ1v) is 5.99. The molecule has 0 saturated heterocycles. The Morgan fingerprint density at radius 3 is 2.19 bits per heavy atom. The number of H-pyrrole nitrogens is 1. The summed E-state index contributed by atoms with van der Waals surface area (Å²) in [6.07, 6.45) is -11.0. The molecule has 1 aromatic heterocycles. The topological polar surface area (TPSA) is 36.0 Å². The smallest absolute Gasteiger partial charge is 0.396 e. The van der Waals surface area contributed by atoms with Crippen molar-refractivity contribution in [3.8, 4) is 0 Å². The number of alkyl halides is 6. The molecule has 0 spiro atoms. The van der Waals surface area contributed by atoms with Crippen molar-refractivity contribution < 1.29 is 31.4 Å². The van der Waals surface area contributed by atoms with Crippen LogP contribution in [0, 0.1) is 0 Å². The molecular formula is C13H11F6NO. The van der Waals surface area contributed by atoms with Gasteiger partial charge in [0, 0.05) is 16.8 Å². The summed E-state index contributed by atoms with van der Waals surface area (Å²) in [4.78, 5) is 2.10. The van der Waals surface area contributed by atoms with Gasteiger partial charge in [-0.2, -0.15) is 26.3 Å². The highest BCUT2D eigenvalue weighted by Crippen LogP contribution is 2.42. The van der Waals surface area contributed by atoms with Crippen molar-refractivity contribution in [1.82, 2.24) is 4.98 Å². The third kappa shape index (κ3) is 3.31. The number of rotatable bonds is 3. The van der Waals surface area contributed by atoms with Gasteiger partial charge >= 0.3 is 12.4 Å². The summed E-state index contributed by atoms with van der Waals surface area (Å²) >= 11 is 0. The van der Waals surface area contributed by atoms with Crippen LogP contribution in [0.3, 0.4) is 0 Å². The molecule has 1 unspecified atom stereocenters. The lowest BCUT2D eigenvalue weighted by molar-refractivity contribution is -0.147. The molecule has 0 fully saturated rings. The standard InChI is InChI=1S/C13H11F6NO/c14-12(15,16)5-7(6-21)10-8-3-1-2-4-9(8)20-11(10)13(17,18)19/h1-4,7,20-21H,5-6H2. The molecule has 8 heteroatoms. The zero-order chi connectivity index (χ0) is 15.8. The summed E-state index contributed by atoms with van der Waals surface area (Å²) in [5, 5.41) is 9.16. The van der Waals surface area contributed by atoms with Crippen molar-refractivity contribution >= 4 is 10.9 Å². The number of para-hydroxylation sites is 1. The van der Waals surface area contributed by atoms with Crippen molar-refractivity contribution in [1.29, 1.82) is 0 Å². The third-order valence-electron chi connectivity index (χ3n) is 3.14. The first-order chi connectivity index (χ1) is 9.63. The van der Waals surface area contributed by atoms with E-state index in [4.69, 9.17) is 5.11 Å². The van der Waals surface area contributed by atoms with Gasteiger partial charge in [0.05, 0.1) is 13.0 Å². The molecule has 1 aromatic carbocycles. The molecule has 2 nitrogen and oxygen atoms in total. The SMILES string of the molecule is OCC(CC(F)(F)F)c1c(C(F)(F)F)[nH]c2ccccc12. The molecule has 0 saturated carbocycles. The maximum Gasteiger partial charge on any atom is 0.431 e. The molecule has 2 N–H and O–H groups in total. The van der Waals surface area contributed by atoms with E-state index in [1.807, 2.05) is 0 Å². The number of aliphatic hydroxyl groups excluding tert-OH is 1. The van der Waals surface area contributed by atoms with E-state index in [0.29, 0.717) is 0 Å². The number of aromatic amines is 1. The number of benzene rings is 1. The van der Waals surface area contributed by atoms with Crippen LogP contribution in [-0.4, -0.2) is 22.9 Å². The highest BCUT2D eigenvalue weighted by molar-refractivity contribution is 5.85. The number of halogens is 6. The normalized spacial score (nSPS) is 14.6. The fraction of sp³-hybridized carbons (Fsp3) is 0.385. The summed E-state index contributed by atoms with van der Waals surface area (Å²) in [6, 6.07) is 5.55. The largest absolute Gasteiger partial charge is 0.431 e. The van der Waals surface area contributed by atoms with Gasteiger partial charge < -0.3 is 10.1 Å². The monoisotopic (exact) mass is 311 g/mol. The second kappa shape index (κ2) is 5.25. The van der Waals surface area contributed by atoms with Crippen LogP contribution in [-0.2, 0) is 6.18 Å². The lowest BCUT2D eigenvalue weighted by atomic mass is 9.93. The first kappa shape index (κ1) is 15.7. The Bertz CT molecular complexity index is 628. The molecular weight excluding hydrogens is 300 g/mol. The van der Waals surface area contributed by atoms with E-state index in [-0.39, 0.29) is 10.9 Å². The maximum atomic E-state index is 13.0. The summed E-state index contributed by atoms with van der Waals surface area (Å²) in [5.41, 5.74) is -1.70. The van der Waals surface area contributed by atoms with Crippen LogP contribution >= 0.6 is 0 Å². The van der Waals surface area contributed by atoms with Gasteiger partial charge in [-0.25, -0.2) is 0 Å². The lowest BCUT2D eigenvalue weighted by Gasteiger charge is -2.18. The van der Waals surface area contributed by atoms with Crippen molar-refractivity contribution in [2.24, 2.45) is 0 Å². The van der Waals surface area contributed by atoms with Crippen LogP contribution in [0.5, 0.6) is 0 Å². The highest BCUT2D eigenvalue weighted by Gasteiger charge is 2.41. The zero-order valence-electron chi connectivity index (χ0n) is 10.5. The van der Waals surface area contributed by atoms with Gasteiger partial charge in [0.25, 0.3) is 0 Å². The van der Waals surface area contributed by atoms with Crippen LogP contribution in [0.2, 0.25) is 0 Å². The maximum absolute atomic E-state index is 13.0. The predicted molar refractivity (Wildman–Crippen MR) is 63.8 cm³/mol. The average molecular weight is 311 g/mol. The summed E-state index contributed by atoms with van der Waals surface area (Å²) in [5.74, 6) is -1.67. The molecule has 21 heavy (non-hydrogen) atoms. The number of aliphatic hydroxyl groups is 1. The van der Waals surface area contributed by atoms with Crippen LogP contribution in [0.1, 0.15) is 23.6 Å². The summed E-state index contributed by atoms with van der Waals surface area (Å²) < 4.78 is 76.6. The van der Waals surface area contributed by atoms with E-state index in [0.717, 1.165) is 0 Å². The van der Waals surface area contributed by atoms with Crippen molar-refractivity contribution in [2.45, 2.75) is 24.7 Å². The Morgan fingerprint density at radius 2 is 1.67 bits per heavy atom. The van der Waals surface area contributed by atoms with E-state index in [2.05, 4.69) is 4.98 Å². The Balaban J connectivity index is 2.64. The van der Waals surface area contributed by atoms with Crippen LogP contribution in [0.15, 0.2) is 24.3 Å². The summed E-state index contributed by atoms with van der Waals surface area (Å²) in [7, 11) is 0. The Morgan fingerprint density at radius 1 is 1.05 bits per heavy atom. The van der Waals surface area contributed by atoms with Gasteiger partial charge in [-0.15, -0.1) is 0 Å². The molecule has 0 aliphatic rings. The Labute approximate surface area is 115 Å². The van der Waals surface area contributed by atoms with Gasteiger partial charge in [-0.1, -0.05) is 18.2 Å². The van der Waals surface area contributed by atoms with E-state index < -0.39 is 42.6 Å². The van der Waals surface area contributed by atoms with Gasteiger partial charge in [0.15, 0.2) is 0 Å². The van der Waals surface area contributed by atoms with E-state index in [1.165, 1.54) is 24.3 Å². The van der Waals surface area contributed by atoms with Crippen LogP contribution in [0.25, 0.3) is 10.9 Å². The fourth-order valence-corrected chi connectivity index (χ4v) is 2.35. The van der Waals surface area contributed by atoms with E-state index >= 15 is 0 Å². The second-order valence-corrected chi connectivity index (χ2v) is 4.66. The van der Waals surface area contributed by atoms with E-state index in [9.17, 15) is 26.3 Å². The van der Waals surface area contributed by atoms with Crippen molar-refractivity contribution in [3.05, 3.63) is 35.5 Å². The molecule has 0 aliphatic carbocycles. The number of hydrogen-bond acceptors (Lipinski definition) is 1. The van der Waals surface area contributed by atoms with Crippen molar-refractivity contribution in [3.63, 3.8) is 0 Å². The third-order valence-corrected chi connectivity index (χ3v) is 3.14. The molecule has 0 aliphatic heterocycles. The molecule has 116 valence electrons. The Kier molecular flexibility index (Phi) is 3.92. The van der Waals surface area contributed by atoms with Gasteiger partial charge in [0.1, 0.15) is 5.69 Å². The first-order valence-electron chi connectivity index (χ1n) is 5.99. The minimum absolute atomic E-state index is 0.0353. The number of hydrogen-bond donors (Lipinski definition) is 2. The second-order valence-electron chi connectivity index (χ2n) is 4.66. The molecule has 1 heterocycles. The molecule has 0 radical (unpaired) electrons. The quantitative estimate of drug-likeness (QED) is 0.818. The van der Waals surface area contributed by atoms with Gasteiger partial charge in [-0.05, 0) is 11.6 Å². The molecule has 0 amide bonds. The van der Waals surface area contributed by atoms with Crippen molar-refractivity contribution in [2.75, 3.05) is 6.61 Å². The summed E-state index contributed by atoms with van der Waals surface area (Å²) in [6.45, 7) is -1.02. The van der Waals surface area contributed by atoms with Gasteiger partial charge in [0.2, 0.25) is 0 Å². The highest BCUT2D eigenvalue weighted by atomic mass is 19.4. The van der Waals surface area contributed by atoms with E-state index in [1.54, 1.807) is 0 Å². The average Bonchev–Trinajstić information content (AvgIpc) is 2.74. The number of fused-ring (bicyclic) bond motifs is 1. The molecule has 2 rings (SSSR count). The molecule has 2 aromatic rings. The minimum Gasteiger partial charge on any atom is -0.396 e.